The maximum Gasteiger partial charge on any atom is 0.338 e. The zero-order valence-corrected chi connectivity index (χ0v) is 13.3. The van der Waals surface area contributed by atoms with Crippen LogP contribution in [0.4, 0.5) is 5.69 Å². The second kappa shape index (κ2) is 7.52. The van der Waals surface area contributed by atoms with Crippen molar-refractivity contribution >= 4 is 35.1 Å². The Morgan fingerprint density at radius 3 is 2.58 bits per heavy atom. The van der Waals surface area contributed by atoms with Gasteiger partial charge in [0.2, 0.25) is 0 Å². The molecule has 7 heteroatoms. The van der Waals surface area contributed by atoms with Crippen molar-refractivity contribution in [3.8, 4) is 0 Å². The predicted octanol–water partition coefficient (Wildman–Crippen LogP) is 3.93. The summed E-state index contributed by atoms with van der Waals surface area (Å²) < 4.78 is 4.68. The fraction of sp³-hybridized carbons (Fsp3) is 0.0588. The lowest BCUT2D eigenvalue weighted by Gasteiger charge is -2.03. The molecule has 0 fully saturated rings. The fourth-order valence-electron chi connectivity index (χ4n) is 2.01. The molecule has 2 rings (SSSR count). The van der Waals surface area contributed by atoms with E-state index in [1.54, 1.807) is 24.3 Å². The lowest BCUT2D eigenvalue weighted by atomic mass is 10.0. The summed E-state index contributed by atoms with van der Waals surface area (Å²) in [6, 6.07) is 10.4. The lowest BCUT2D eigenvalue weighted by Crippen LogP contribution is -2.03. The molecule has 0 saturated heterocycles. The van der Waals surface area contributed by atoms with Crippen molar-refractivity contribution in [2.24, 2.45) is 0 Å². The first-order chi connectivity index (χ1) is 11.4. The smallest absolute Gasteiger partial charge is 0.338 e. The number of ether oxygens (including phenoxy) is 1. The van der Waals surface area contributed by atoms with Crippen molar-refractivity contribution in [1.82, 2.24) is 0 Å². The van der Waals surface area contributed by atoms with Crippen LogP contribution in [0.1, 0.15) is 26.3 Å². The van der Waals surface area contributed by atoms with Gasteiger partial charge in [-0.2, -0.15) is 0 Å². The van der Waals surface area contributed by atoms with Crippen molar-refractivity contribution in [1.29, 1.82) is 0 Å². The number of esters is 1. The second-order valence-electron chi connectivity index (χ2n) is 4.70. The Kier molecular flexibility index (Phi) is 5.44. The third kappa shape index (κ3) is 3.85. The molecule has 0 aliphatic heterocycles. The standard InChI is InChI=1S/C17H12ClNO5/c1-24-17(21)13-5-3-2-4-11(13)7-9-16(20)12-6-8-14(18)15(10-12)19(22)23/h2-10H,1H3/b9-7+. The number of hydrogen-bond donors (Lipinski definition) is 0. The summed E-state index contributed by atoms with van der Waals surface area (Å²) in [6.45, 7) is 0. The van der Waals surface area contributed by atoms with Crippen LogP contribution in [0.15, 0.2) is 48.5 Å². The molecule has 0 radical (unpaired) electrons. The fourth-order valence-corrected chi connectivity index (χ4v) is 2.19. The van der Waals surface area contributed by atoms with Crippen molar-refractivity contribution in [3.63, 3.8) is 0 Å². The van der Waals surface area contributed by atoms with E-state index in [-0.39, 0.29) is 16.3 Å². The summed E-state index contributed by atoms with van der Waals surface area (Å²) in [7, 11) is 1.26. The topological polar surface area (TPSA) is 86.5 Å². The Morgan fingerprint density at radius 2 is 1.92 bits per heavy atom. The third-order valence-electron chi connectivity index (χ3n) is 3.21. The van der Waals surface area contributed by atoms with Crippen molar-refractivity contribution in [2.75, 3.05) is 7.11 Å². The Hall–Kier alpha value is -2.99. The molecule has 2 aromatic rings. The van der Waals surface area contributed by atoms with Gasteiger partial charge in [-0.25, -0.2) is 4.79 Å². The minimum absolute atomic E-state index is 0.0448. The number of rotatable bonds is 5. The van der Waals surface area contributed by atoms with Crippen molar-refractivity contribution in [2.45, 2.75) is 0 Å². The quantitative estimate of drug-likeness (QED) is 0.269. The first kappa shape index (κ1) is 17.4. The van der Waals surface area contributed by atoms with Gasteiger partial charge in [0.15, 0.2) is 5.78 Å². The predicted molar refractivity (Wildman–Crippen MR) is 89.3 cm³/mol. The molecule has 24 heavy (non-hydrogen) atoms. The number of nitrogens with zero attached hydrogens (tertiary/aromatic N) is 1. The molecule has 0 atom stereocenters. The van der Waals surface area contributed by atoms with E-state index in [4.69, 9.17) is 11.6 Å². The highest BCUT2D eigenvalue weighted by molar-refractivity contribution is 6.32. The number of hydrogen-bond acceptors (Lipinski definition) is 5. The van der Waals surface area contributed by atoms with E-state index in [2.05, 4.69) is 4.74 Å². The van der Waals surface area contributed by atoms with Crippen LogP contribution in [-0.2, 0) is 4.74 Å². The molecule has 0 heterocycles. The lowest BCUT2D eigenvalue weighted by molar-refractivity contribution is -0.384. The molecular formula is C17H12ClNO5. The van der Waals surface area contributed by atoms with E-state index in [0.717, 1.165) is 6.07 Å². The van der Waals surface area contributed by atoms with E-state index in [1.165, 1.54) is 31.4 Å². The molecule has 0 bridgehead atoms. The number of ketones is 1. The molecule has 0 aliphatic rings. The van der Waals surface area contributed by atoms with E-state index in [9.17, 15) is 19.7 Å². The van der Waals surface area contributed by atoms with E-state index < -0.39 is 16.7 Å². The highest BCUT2D eigenvalue weighted by atomic mass is 35.5. The summed E-state index contributed by atoms with van der Waals surface area (Å²) in [6.07, 6.45) is 2.68. The van der Waals surface area contributed by atoms with E-state index in [1.807, 2.05) is 0 Å². The molecule has 122 valence electrons. The minimum Gasteiger partial charge on any atom is -0.465 e. The summed E-state index contributed by atoms with van der Waals surface area (Å²) in [5.74, 6) is -0.973. The largest absolute Gasteiger partial charge is 0.465 e. The molecule has 0 spiro atoms. The Morgan fingerprint density at radius 1 is 1.21 bits per heavy atom. The van der Waals surface area contributed by atoms with Gasteiger partial charge in [-0.05, 0) is 29.8 Å². The van der Waals surface area contributed by atoms with Gasteiger partial charge in [0.05, 0.1) is 17.6 Å². The summed E-state index contributed by atoms with van der Waals surface area (Å²) in [5, 5.41) is 10.8. The second-order valence-corrected chi connectivity index (χ2v) is 5.11. The maximum atomic E-state index is 12.2. The van der Waals surface area contributed by atoms with Gasteiger partial charge >= 0.3 is 5.97 Å². The number of halogens is 1. The average molecular weight is 346 g/mol. The highest BCUT2D eigenvalue weighted by Crippen LogP contribution is 2.25. The number of methoxy groups -OCH3 is 1. The number of allylic oxidation sites excluding steroid dienone is 1. The normalized spacial score (nSPS) is 10.6. The van der Waals surface area contributed by atoms with Crippen molar-refractivity contribution in [3.05, 3.63) is 80.4 Å². The minimum atomic E-state index is -0.657. The number of benzene rings is 2. The molecular weight excluding hydrogens is 334 g/mol. The SMILES string of the molecule is COC(=O)c1ccccc1/C=C/C(=O)c1ccc(Cl)c([N+](=O)[O-])c1. The van der Waals surface area contributed by atoms with Gasteiger partial charge in [-0.15, -0.1) is 0 Å². The molecule has 6 nitrogen and oxygen atoms in total. The first-order valence-electron chi connectivity index (χ1n) is 6.77. The highest BCUT2D eigenvalue weighted by Gasteiger charge is 2.15. The zero-order chi connectivity index (χ0) is 17.7. The molecule has 0 amide bonds. The summed E-state index contributed by atoms with van der Waals surface area (Å²) in [4.78, 5) is 34.1. The van der Waals surface area contributed by atoms with Crippen LogP contribution in [0.25, 0.3) is 6.08 Å². The number of nitro benzene ring substituents is 1. The van der Waals surface area contributed by atoms with E-state index >= 15 is 0 Å². The Labute approximate surface area is 142 Å². The van der Waals surface area contributed by atoms with Crippen molar-refractivity contribution < 1.29 is 19.2 Å². The van der Waals surface area contributed by atoms with E-state index in [0.29, 0.717) is 11.1 Å². The number of carbonyl (C=O) groups excluding carboxylic acids is 2. The van der Waals surface area contributed by atoms with Gasteiger partial charge < -0.3 is 4.74 Å². The first-order valence-corrected chi connectivity index (χ1v) is 7.15. The molecule has 0 saturated carbocycles. The van der Waals surface area contributed by atoms with Crippen LogP contribution in [0.2, 0.25) is 5.02 Å². The molecule has 0 aliphatic carbocycles. The number of carbonyl (C=O) groups is 2. The van der Waals surface area contributed by atoms with Crippen LogP contribution >= 0.6 is 11.6 Å². The van der Waals surface area contributed by atoms with Gasteiger partial charge in [0.1, 0.15) is 5.02 Å². The van der Waals surface area contributed by atoms with Crippen LogP contribution < -0.4 is 0 Å². The molecule has 2 aromatic carbocycles. The maximum absolute atomic E-state index is 12.2. The number of nitro groups is 1. The molecule has 0 unspecified atom stereocenters. The van der Waals surface area contributed by atoms with Gasteiger partial charge in [0.25, 0.3) is 5.69 Å². The molecule has 0 aromatic heterocycles. The van der Waals surface area contributed by atoms with Gasteiger partial charge in [0, 0.05) is 11.6 Å². The average Bonchev–Trinajstić information content (AvgIpc) is 2.59. The molecule has 0 N–H and O–H groups in total. The zero-order valence-electron chi connectivity index (χ0n) is 12.6. The van der Waals surface area contributed by atoms with Crippen LogP contribution in [0.3, 0.4) is 0 Å². The van der Waals surface area contributed by atoms with Crippen LogP contribution in [-0.4, -0.2) is 23.8 Å². The Bertz CT molecular complexity index is 845. The monoisotopic (exact) mass is 345 g/mol. The summed E-state index contributed by atoms with van der Waals surface area (Å²) in [5.41, 5.74) is 0.594. The third-order valence-corrected chi connectivity index (χ3v) is 3.53. The van der Waals surface area contributed by atoms with Crippen LogP contribution in [0, 0.1) is 10.1 Å². The Balaban J connectivity index is 2.31. The van der Waals surface area contributed by atoms with Gasteiger partial charge in [-0.1, -0.05) is 35.9 Å². The van der Waals surface area contributed by atoms with Gasteiger partial charge in [-0.3, -0.25) is 14.9 Å². The van der Waals surface area contributed by atoms with Crippen LogP contribution in [0.5, 0.6) is 0 Å². The summed E-state index contributed by atoms with van der Waals surface area (Å²) >= 11 is 5.72.